The van der Waals surface area contributed by atoms with E-state index in [1.165, 1.54) is 37.6 Å². The molecule has 0 aliphatic heterocycles. The van der Waals surface area contributed by atoms with Crippen LogP contribution < -0.4 is 4.74 Å². The Morgan fingerprint density at radius 3 is 2.47 bits per heavy atom. The number of carboxylic acid groups (broad SMARTS) is 1. The number of aromatic nitrogens is 1. The van der Waals surface area contributed by atoms with E-state index in [0.717, 1.165) is 25.7 Å². The molecule has 0 aliphatic carbocycles. The number of benzene rings is 1. The van der Waals surface area contributed by atoms with Gasteiger partial charge in [0.15, 0.2) is 14.6 Å². The predicted molar refractivity (Wildman–Crippen MR) is 116 cm³/mol. The molecule has 0 amide bonds. The normalized spacial score (nSPS) is 13.8. The zero-order chi connectivity index (χ0) is 22.0. The van der Waals surface area contributed by atoms with Gasteiger partial charge in [0.05, 0.1) is 12.0 Å². The molecule has 2 rings (SSSR count). The summed E-state index contributed by atoms with van der Waals surface area (Å²) >= 11 is 0. The SMILES string of the molecule is CCCCCC=CCC(Cc1cccnc1)(C(=O)O)S(=O)(=O)c1ccc(OC)cc1. The molecule has 1 aromatic carbocycles. The van der Waals surface area contributed by atoms with Crippen LogP contribution >= 0.6 is 0 Å². The summed E-state index contributed by atoms with van der Waals surface area (Å²) in [6.45, 7) is 2.11. The van der Waals surface area contributed by atoms with Crippen molar-refractivity contribution in [3.63, 3.8) is 0 Å². The van der Waals surface area contributed by atoms with Gasteiger partial charge in [0, 0.05) is 18.8 Å². The number of sulfone groups is 1. The third-order valence-electron chi connectivity index (χ3n) is 5.07. The van der Waals surface area contributed by atoms with Gasteiger partial charge in [0.1, 0.15) is 5.75 Å². The van der Waals surface area contributed by atoms with E-state index in [1.54, 1.807) is 24.4 Å². The van der Waals surface area contributed by atoms with E-state index in [9.17, 15) is 18.3 Å². The minimum absolute atomic E-state index is 0.0472. The van der Waals surface area contributed by atoms with Gasteiger partial charge >= 0.3 is 5.97 Å². The van der Waals surface area contributed by atoms with E-state index in [4.69, 9.17) is 4.74 Å². The molecule has 1 atom stereocenters. The lowest BCUT2D eigenvalue weighted by Gasteiger charge is -2.28. The molecule has 30 heavy (non-hydrogen) atoms. The van der Waals surface area contributed by atoms with Crippen molar-refractivity contribution in [1.29, 1.82) is 0 Å². The number of pyridine rings is 1. The van der Waals surface area contributed by atoms with E-state index >= 15 is 0 Å². The first-order valence-corrected chi connectivity index (χ1v) is 11.5. The molecule has 0 bridgehead atoms. The Kier molecular flexibility index (Phi) is 8.59. The van der Waals surface area contributed by atoms with Gasteiger partial charge in [-0.3, -0.25) is 9.78 Å². The topological polar surface area (TPSA) is 93.6 Å². The number of carboxylic acids is 1. The predicted octanol–water partition coefficient (Wildman–Crippen LogP) is 4.46. The van der Waals surface area contributed by atoms with E-state index < -0.39 is 20.6 Å². The zero-order valence-corrected chi connectivity index (χ0v) is 18.3. The smallest absolute Gasteiger partial charge is 0.326 e. The highest BCUT2D eigenvalue weighted by Gasteiger charge is 2.51. The second kappa shape index (κ2) is 10.9. The molecule has 0 saturated heterocycles. The second-order valence-corrected chi connectivity index (χ2v) is 9.45. The van der Waals surface area contributed by atoms with Crippen molar-refractivity contribution >= 4 is 15.8 Å². The standard InChI is InChI=1S/C23H29NO5S/c1-3-4-5-6-7-8-15-23(22(25)26,17-19-10-9-16-24-18-19)30(27,28)21-13-11-20(29-2)12-14-21/h7-14,16,18H,3-6,15,17H2,1-2H3,(H,25,26). The Labute approximate surface area is 178 Å². The third kappa shape index (κ3) is 5.48. The summed E-state index contributed by atoms with van der Waals surface area (Å²) < 4.78 is 30.2. The van der Waals surface area contributed by atoms with Crippen molar-refractivity contribution in [3.05, 3.63) is 66.5 Å². The number of hydrogen-bond acceptors (Lipinski definition) is 5. The Morgan fingerprint density at radius 2 is 1.90 bits per heavy atom. The average molecular weight is 432 g/mol. The minimum Gasteiger partial charge on any atom is -0.497 e. The Balaban J connectivity index is 2.47. The van der Waals surface area contributed by atoms with Crippen molar-refractivity contribution < 1.29 is 23.1 Å². The summed E-state index contributed by atoms with van der Waals surface area (Å²) in [4.78, 5) is 16.4. The largest absolute Gasteiger partial charge is 0.497 e. The highest BCUT2D eigenvalue weighted by atomic mass is 32.2. The fourth-order valence-corrected chi connectivity index (χ4v) is 5.12. The van der Waals surface area contributed by atoms with Crippen LogP contribution in [0.1, 0.15) is 44.6 Å². The molecule has 2 aromatic rings. The summed E-state index contributed by atoms with van der Waals surface area (Å²) in [5.74, 6) is -0.877. The zero-order valence-electron chi connectivity index (χ0n) is 17.5. The van der Waals surface area contributed by atoms with Crippen LogP contribution in [0.15, 0.2) is 65.8 Å². The summed E-state index contributed by atoms with van der Waals surface area (Å²) in [6, 6.07) is 9.18. The molecule has 0 spiro atoms. The lowest BCUT2D eigenvalue weighted by Crippen LogP contribution is -2.48. The molecule has 1 unspecified atom stereocenters. The van der Waals surface area contributed by atoms with E-state index in [1.807, 2.05) is 6.08 Å². The first-order valence-electron chi connectivity index (χ1n) is 10.0. The van der Waals surface area contributed by atoms with Crippen LogP contribution in [-0.2, 0) is 21.1 Å². The van der Waals surface area contributed by atoms with Crippen LogP contribution in [0.4, 0.5) is 0 Å². The maximum atomic E-state index is 13.6. The van der Waals surface area contributed by atoms with Gasteiger partial charge in [0.25, 0.3) is 0 Å². The van der Waals surface area contributed by atoms with Crippen LogP contribution in [0, 0.1) is 0 Å². The first-order chi connectivity index (χ1) is 14.4. The van der Waals surface area contributed by atoms with E-state index in [0.29, 0.717) is 11.3 Å². The highest BCUT2D eigenvalue weighted by Crippen LogP contribution is 2.34. The van der Waals surface area contributed by atoms with Crippen molar-refractivity contribution in [3.8, 4) is 5.75 Å². The van der Waals surface area contributed by atoms with Crippen molar-refractivity contribution in [2.45, 2.75) is 55.1 Å². The van der Waals surface area contributed by atoms with Gasteiger partial charge in [-0.1, -0.05) is 38.0 Å². The fraction of sp³-hybridized carbons (Fsp3) is 0.391. The summed E-state index contributed by atoms with van der Waals surface area (Å²) in [5, 5.41) is 10.2. The minimum atomic E-state index is -4.22. The number of hydrogen-bond donors (Lipinski definition) is 1. The lowest BCUT2D eigenvalue weighted by molar-refractivity contribution is -0.140. The maximum absolute atomic E-state index is 13.6. The Hall–Kier alpha value is -2.67. The van der Waals surface area contributed by atoms with Crippen molar-refractivity contribution in [2.75, 3.05) is 7.11 Å². The molecular formula is C23H29NO5S. The molecule has 1 heterocycles. The van der Waals surface area contributed by atoms with Gasteiger partial charge < -0.3 is 9.84 Å². The molecular weight excluding hydrogens is 402 g/mol. The highest BCUT2D eigenvalue weighted by molar-refractivity contribution is 7.93. The summed E-state index contributed by atoms with van der Waals surface area (Å²) in [7, 11) is -2.73. The molecule has 0 aliphatic rings. The van der Waals surface area contributed by atoms with Gasteiger partial charge in [-0.25, -0.2) is 8.42 Å². The maximum Gasteiger partial charge on any atom is 0.326 e. The fourth-order valence-electron chi connectivity index (χ4n) is 3.27. The van der Waals surface area contributed by atoms with Crippen LogP contribution in [-0.4, -0.2) is 36.3 Å². The van der Waals surface area contributed by atoms with Gasteiger partial charge in [0.2, 0.25) is 0 Å². The Bertz CT molecular complexity index is 939. The Morgan fingerprint density at radius 1 is 1.17 bits per heavy atom. The van der Waals surface area contributed by atoms with Crippen LogP contribution in [0.2, 0.25) is 0 Å². The van der Waals surface area contributed by atoms with Gasteiger partial charge in [-0.05, 0) is 55.2 Å². The quantitative estimate of drug-likeness (QED) is 0.394. The van der Waals surface area contributed by atoms with Crippen LogP contribution in [0.25, 0.3) is 0 Å². The average Bonchev–Trinajstić information content (AvgIpc) is 2.75. The van der Waals surface area contributed by atoms with E-state index in [2.05, 4.69) is 11.9 Å². The van der Waals surface area contributed by atoms with Gasteiger partial charge in [-0.15, -0.1) is 0 Å². The molecule has 0 fully saturated rings. The van der Waals surface area contributed by atoms with Crippen molar-refractivity contribution in [2.24, 2.45) is 0 Å². The number of allylic oxidation sites excluding steroid dienone is 2. The summed E-state index contributed by atoms with van der Waals surface area (Å²) in [6.07, 6.45) is 10.3. The summed E-state index contributed by atoms with van der Waals surface area (Å²) in [5.41, 5.74) is 0.552. The third-order valence-corrected chi connectivity index (χ3v) is 7.48. The number of unbranched alkanes of at least 4 members (excludes halogenated alkanes) is 3. The molecule has 0 radical (unpaired) electrons. The molecule has 1 aromatic heterocycles. The van der Waals surface area contributed by atoms with E-state index in [-0.39, 0.29) is 17.7 Å². The monoisotopic (exact) mass is 431 g/mol. The number of aliphatic carboxylic acids is 1. The molecule has 162 valence electrons. The number of rotatable bonds is 12. The molecule has 1 N–H and O–H groups in total. The second-order valence-electron chi connectivity index (χ2n) is 7.19. The number of nitrogens with zero attached hydrogens (tertiary/aromatic N) is 1. The molecule has 6 nitrogen and oxygen atoms in total. The van der Waals surface area contributed by atoms with Crippen molar-refractivity contribution in [1.82, 2.24) is 4.98 Å². The van der Waals surface area contributed by atoms with Gasteiger partial charge in [-0.2, -0.15) is 0 Å². The number of methoxy groups -OCH3 is 1. The lowest BCUT2D eigenvalue weighted by atomic mass is 9.95. The number of carbonyl (C=O) groups is 1. The van der Waals surface area contributed by atoms with Crippen LogP contribution in [0.3, 0.4) is 0 Å². The molecule has 7 heteroatoms. The first kappa shape index (κ1) is 23.6. The molecule has 0 saturated carbocycles. The number of ether oxygens (including phenoxy) is 1. The van der Waals surface area contributed by atoms with Crippen LogP contribution in [0.5, 0.6) is 5.75 Å².